The molecule has 1 N–H and O–H groups in total. The predicted molar refractivity (Wildman–Crippen MR) is 111 cm³/mol. The molecule has 0 fully saturated rings. The summed E-state index contributed by atoms with van der Waals surface area (Å²) in [4.78, 5) is 6.34. The van der Waals surface area contributed by atoms with E-state index in [1.165, 1.54) is 44.5 Å². The molecule has 130 valence electrons. The van der Waals surface area contributed by atoms with Gasteiger partial charge < -0.3 is 9.88 Å². The highest BCUT2D eigenvalue weighted by Gasteiger charge is 2.36. The third-order valence-electron chi connectivity index (χ3n) is 6.00. The third-order valence-corrected chi connectivity index (χ3v) is 6.00. The monoisotopic (exact) mass is 348 g/mol. The number of aromatic amines is 1. The number of hydrogen-bond donors (Lipinski definition) is 1. The van der Waals surface area contributed by atoms with E-state index in [1.807, 2.05) is 0 Å². The van der Waals surface area contributed by atoms with Crippen LogP contribution in [0.5, 0.6) is 0 Å². The fourth-order valence-corrected chi connectivity index (χ4v) is 4.80. The molecule has 3 aromatic carbocycles. The number of rotatable bonds is 1. The van der Waals surface area contributed by atoms with Gasteiger partial charge in [-0.25, -0.2) is 0 Å². The quantitative estimate of drug-likeness (QED) is 0.472. The molecule has 1 atom stereocenters. The summed E-state index contributed by atoms with van der Waals surface area (Å²) in [5, 5.41) is 1.38. The first-order chi connectivity index (χ1) is 13.4. The molecule has 2 nitrogen and oxygen atoms in total. The van der Waals surface area contributed by atoms with E-state index < -0.39 is 0 Å². The number of hydrogen-bond acceptors (Lipinski definition) is 1. The van der Waals surface area contributed by atoms with Gasteiger partial charge in [0.15, 0.2) is 0 Å². The van der Waals surface area contributed by atoms with Gasteiger partial charge in [-0.3, -0.25) is 0 Å². The van der Waals surface area contributed by atoms with E-state index in [0.717, 1.165) is 13.0 Å². The van der Waals surface area contributed by atoms with E-state index in [1.54, 1.807) is 0 Å². The van der Waals surface area contributed by atoms with E-state index >= 15 is 0 Å². The fraction of sp³-hybridized carbons (Fsp3) is 0.120. The zero-order valence-electron chi connectivity index (χ0n) is 15.0. The lowest BCUT2D eigenvalue weighted by molar-refractivity contribution is 0.313. The molecule has 0 bridgehead atoms. The number of para-hydroxylation sites is 1. The Morgan fingerprint density at radius 1 is 0.815 bits per heavy atom. The molecule has 0 radical (unpaired) electrons. The Balaban J connectivity index is 1.61. The highest BCUT2D eigenvalue weighted by Crippen LogP contribution is 2.46. The van der Waals surface area contributed by atoms with Gasteiger partial charge in [0, 0.05) is 28.8 Å². The van der Waals surface area contributed by atoms with Gasteiger partial charge in [0.2, 0.25) is 0 Å². The van der Waals surface area contributed by atoms with Crippen molar-refractivity contribution in [3.05, 3.63) is 107 Å². The van der Waals surface area contributed by atoms with E-state index in [-0.39, 0.29) is 6.04 Å². The minimum Gasteiger partial charge on any atom is -0.358 e. The largest absolute Gasteiger partial charge is 0.358 e. The minimum atomic E-state index is 0.248. The third kappa shape index (κ3) is 2.13. The van der Waals surface area contributed by atoms with Crippen LogP contribution < -0.4 is 0 Å². The molecule has 4 aromatic rings. The van der Waals surface area contributed by atoms with Crippen molar-refractivity contribution in [2.45, 2.75) is 12.5 Å². The van der Waals surface area contributed by atoms with Crippen molar-refractivity contribution < 1.29 is 0 Å². The van der Waals surface area contributed by atoms with Crippen molar-refractivity contribution in [3.63, 3.8) is 0 Å². The summed E-state index contributed by atoms with van der Waals surface area (Å²) >= 11 is 0. The Bertz CT molecular complexity index is 1180. The van der Waals surface area contributed by atoms with Crippen molar-refractivity contribution >= 4 is 22.7 Å². The Hall–Kier alpha value is -3.26. The van der Waals surface area contributed by atoms with Crippen LogP contribution in [-0.4, -0.2) is 16.4 Å². The molecule has 3 heterocycles. The van der Waals surface area contributed by atoms with Crippen molar-refractivity contribution in [2.75, 3.05) is 6.54 Å². The van der Waals surface area contributed by atoms with Gasteiger partial charge in [-0.2, -0.15) is 0 Å². The lowest BCUT2D eigenvalue weighted by atomic mass is 9.85. The molecule has 0 saturated carbocycles. The molecule has 0 aliphatic carbocycles. The van der Waals surface area contributed by atoms with Crippen LogP contribution in [0, 0.1) is 0 Å². The van der Waals surface area contributed by atoms with Crippen LogP contribution in [0.4, 0.5) is 0 Å². The molecule has 2 aliphatic heterocycles. The number of nitrogens with zero attached hydrogens (tertiary/aromatic N) is 1. The zero-order valence-corrected chi connectivity index (χ0v) is 15.0. The second kappa shape index (κ2) is 5.62. The SMILES string of the molecule is C1=C(c2ccccc2)N2CCc3c([nH]c4ccccc34)C2c2ccccc21. The first kappa shape index (κ1) is 14.9. The standard InChI is InChI=1S/C25H20N2/c1-2-8-17(9-3-1)23-16-18-10-4-5-11-19(18)25-24-21(14-15-27(23)25)20-12-6-7-13-22(20)26-24/h1-13,16,25-26H,14-15H2. The molecular formula is C25H20N2. The summed E-state index contributed by atoms with van der Waals surface area (Å²) in [6.07, 6.45) is 3.43. The molecular weight excluding hydrogens is 328 g/mol. The lowest BCUT2D eigenvalue weighted by Crippen LogP contribution is -2.37. The van der Waals surface area contributed by atoms with Crippen LogP contribution in [0.3, 0.4) is 0 Å². The molecule has 0 amide bonds. The smallest absolute Gasteiger partial charge is 0.0953 e. The van der Waals surface area contributed by atoms with Gasteiger partial charge in [-0.15, -0.1) is 0 Å². The lowest BCUT2D eigenvalue weighted by Gasteiger charge is -2.42. The second-order valence-electron chi connectivity index (χ2n) is 7.43. The van der Waals surface area contributed by atoms with Crippen molar-refractivity contribution in [3.8, 4) is 0 Å². The van der Waals surface area contributed by atoms with Crippen molar-refractivity contribution in [1.82, 2.24) is 9.88 Å². The summed E-state index contributed by atoms with van der Waals surface area (Å²) in [5.41, 5.74) is 9.42. The van der Waals surface area contributed by atoms with Crippen molar-refractivity contribution in [1.29, 1.82) is 0 Å². The van der Waals surface area contributed by atoms with Gasteiger partial charge in [0.1, 0.15) is 0 Å². The molecule has 1 aromatic heterocycles. The van der Waals surface area contributed by atoms with E-state index in [0.29, 0.717) is 0 Å². The molecule has 0 saturated heterocycles. The Morgan fingerprint density at radius 3 is 2.52 bits per heavy atom. The highest BCUT2D eigenvalue weighted by atomic mass is 15.2. The predicted octanol–water partition coefficient (Wildman–Crippen LogP) is 5.63. The average molecular weight is 348 g/mol. The van der Waals surface area contributed by atoms with E-state index in [4.69, 9.17) is 0 Å². The van der Waals surface area contributed by atoms with Crippen LogP contribution >= 0.6 is 0 Å². The summed E-state index contributed by atoms with van der Waals surface area (Å²) in [6, 6.07) is 28.6. The van der Waals surface area contributed by atoms with E-state index in [9.17, 15) is 0 Å². The molecule has 1 unspecified atom stereocenters. The van der Waals surface area contributed by atoms with Crippen LogP contribution in [0.25, 0.3) is 22.7 Å². The highest BCUT2D eigenvalue weighted by molar-refractivity contribution is 5.88. The zero-order chi connectivity index (χ0) is 17.8. The number of H-pyrrole nitrogens is 1. The van der Waals surface area contributed by atoms with Gasteiger partial charge in [-0.05, 0) is 40.8 Å². The number of fused-ring (bicyclic) bond motifs is 7. The Labute approximate surface area is 158 Å². The first-order valence-electron chi connectivity index (χ1n) is 9.62. The van der Waals surface area contributed by atoms with Crippen LogP contribution in [0.2, 0.25) is 0 Å². The summed E-state index contributed by atoms with van der Waals surface area (Å²) in [6.45, 7) is 1.04. The van der Waals surface area contributed by atoms with Crippen LogP contribution in [-0.2, 0) is 6.42 Å². The molecule has 27 heavy (non-hydrogen) atoms. The maximum atomic E-state index is 3.76. The van der Waals surface area contributed by atoms with Gasteiger partial charge in [0.05, 0.1) is 6.04 Å². The molecule has 0 spiro atoms. The second-order valence-corrected chi connectivity index (χ2v) is 7.43. The molecule has 6 rings (SSSR count). The molecule has 2 aliphatic rings. The van der Waals surface area contributed by atoms with Crippen molar-refractivity contribution in [2.24, 2.45) is 0 Å². The normalized spacial score (nSPS) is 17.9. The molecule has 2 heteroatoms. The maximum Gasteiger partial charge on any atom is 0.0953 e. The topological polar surface area (TPSA) is 19.0 Å². The van der Waals surface area contributed by atoms with Gasteiger partial charge in [-0.1, -0.05) is 72.8 Å². The fourth-order valence-electron chi connectivity index (χ4n) is 4.80. The van der Waals surface area contributed by atoms with Gasteiger partial charge in [0.25, 0.3) is 0 Å². The number of aromatic nitrogens is 1. The minimum absolute atomic E-state index is 0.248. The van der Waals surface area contributed by atoms with Crippen LogP contribution in [0.1, 0.15) is 34.0 Å². The summed E-state index contributed by atoms with van der Waals surface area (Å²) in [5.74, 6) is 0. The summed E-state index contributed by atoms with van der Waals surface area (Å²) < 4.78 is 0. The Kier molecular flexibility index (Phi) is 3.09. The number of benzene rings is 3. The number of nitrogens with one attached hydrogen (secondary N) is 1. The summed E-state index contributed by atoms with van der Waals surface area (Å²) in [7, 11) is 0. The van der Waals surface area contributed by atoms with Gasteiger partial charge >= 0.3 is 0 Å². The Morgan fingerprint density at radius 2 is 1.59 bits per heavy atom. The maximum absolute atomic E-state index is 3.76. The van der Waals surface area contributed by atoms with E-state index in [2.05, 4.69) is 94.8 Å². The first-order valence-corrected chi connectivity index (χ1v) is 9.62. The average Bonchev–Trinajstić information content (AvgIpc) is 3.12. The van der Waals surface area contributed by atoms with Crippen LogP contribution in [0.15, 0.2) is 78.9 Å².